The number of nitrogens with zero attached hydrogens (tertiary/aromatic N) is 1. The molecule has 1 aromatic carbocycles. The van der Waals surface area contributed by atoms with Gasteiger partial charge < -0.3 is 15.0 Å². The molecule has 0 bridgehead atoms. The first-order valence-electron chi connectivity index (χ1n) is 6.35. The SMILES string of the molecule is COc1cc(Cl)ccc1-c1nc2c(c(=O)[nH]1)CNCC2. The van der Waals surface area contributed by atoms with Gasteiger partial charge in [-0.3, -0.25) is 4.79 Å². The van der Waals surface area contributed by atoms with Crippen LogP contribution in [0.5, 0.6) is 5.75 Å². The van der Waals surface area contributed by atoms with Crippen LogP contribution in [0.15, 0.2) is 23.0 Å². The first-order valence-corrected chi connectivity index (χ1v) is 6.73. The molecule has 2 N–H and O–H groups in total. The van der Waals surface area contributed by atoms with E-state index in [0.717, 1.165) is 24.2 Å². The van der Waals surface area contributed by atoms with Gasteiger partial charge >= 0.3 is 0 Å². The van der Waals surface area contributed by atoms with E-state index in [2.05, 4.69) is 15.3 Å². The van der Waals surface area contributed by atoms with E-state index < -0.39 is 0 Å². The van der Waals surface area contributed by atoms with Crippen LogP contribution in [-0.4, -0.2) is 23.6 Å². The lowest BCUT2D eigenvalue weighted by Crippen LogP contribution is -2.31. The number of hydrogen-bond donors (Lipinski definition) is 2. The third kappa shape index (κ3) is 2.30. The molecule has 1 aromatic heterocycles. The second kappa shape index (κ2) is 5.26. The number of benzene rings is 1. The van der Waals surface area contributed by atoms with Gasteiger partial charge in [0.05, 0.1) is 23.9 Å². The highest BCUT2D eigenvalue weighted by Crippen LogP contribution is 2.30. The Labute approximate surface area is 121 Å². The second-order valence-electron chi connectivity index (χ2n) is 4.61. The lowest BCUT2D eigenvalue weighted by atomic mass is 10.1. The summed E-state index contributed by atoms with van der Waals surface area (Å²) in [6.45, 7) is 1.40. The van der Waals surface area contributed by atoms with Gasteiger partial charge in [0.1, 0.15) is 11.6 Å². The molecule has 0 unspecified atom stereocenters. The molecule has 2 heterocycles. The van der Waals surface area contributed by atoms with Crippen molar-refractivity contribution in [3.8, 4) is 17.1 Å². The smallest absolute Gasteiger partial charge is 0.255 e. The predicted octanol–water partition coefficient (Wildman–Crippen LogP) is 1.74. The largest absolute Gasteiger partial charge is 0.496 e. The summed E-state index contributed by atoms with van der Waals surface area (Å²) in [6.07, 6.45) is 0.752. The Balaban J connectivity index is 2.16. The van der Waals surface area contributed by atoms with Crippen LogP contribution in [0.1, 0.15) is 11.3 Å². The number of aromatic amines is 1. The first kappa shape index (κ1) is 13.1. The molecule has 0 amide bonds. The minimum atomic E-state index is -0.103. The lowest BCUT2D eigenvalue weighted by Gasteiger charge is -2.16. The number of fused-ring (bicyclic) bond motifs is 1. The van der Waals surface area contributed by atoms with Gasteiger partial charge in [0.15, 0.2) is 0 Å². The topological polar surface area (TPSA) is 67.0 Å². The molecule has 0 atom stereocenters. The highest BCUT2D eigenvalue weighted by Gasteiger charge is 2.17. The third-order valence-corrected chi connectivity index (χ3v) is 3.60. The van der Waals surface area contributed by atoms with E-state index in [1.165, 1.54) is 0 Å². The average molecular weight is 292 g/mol. The molecular weight excluding hydrogens is 278 g/mol. The molecule has 0 saturated heterocycles. The van der Waals surface area contributed by atoms with E-state index in [0.29, 0.717) is 28.7 Å². The van der Waals surface area contributed by atoms with Crippen molar-refractivity contribution in [1.82, 2.24) is 15.3 Å². The van der Waals surface area contributed by atoms with Crippen LogP contribution in [0.2, 0.25) is 5.02 Å². The molecule has 0 fully saturated rings. The molecule has 20 heavy (non-hydrogen) atoms. The Bertz CT molecular complexity index is 712. The highest BCUT2D eigenvalue weighted by molar-refractivity contribution is 6.30. The molecule has 2 aromatic rings. The fourth-order valence-electron chi connectivity index (χ4n) is 2.34. The van der Waals surface area contributed by atoms with Crippen LogP contribution in [-0.2, 0) is 13.0 Å². The zero-order chi connectivity index (χ0) is 14.1. The minimum absolute atomic E-state index is 0.103. The molecular formula is C14H14ClN3O2. The minimum Gasteiger partial charge on any atom is -0.496 e. The van der Waals surface area contributed by atoms with Crippen molar-refractivity contribution in [2.24, 2.45) is 0 Å². The maximum Gasteiger partial charge on any atom is 0.255 e. The monoisotopic (exact) mass is 291 g/mol. The molecule has 0 radical (unpaired) electrons. The third-order valence-electron chi connectivity index (χ3n) is 3.36. The Hall–Kier alpha value is -1.85. The average Bonchev–Trinajstić information content (AvgIpc) is 2.47. The second-order valence-corrected chi connectivity index (χ2v) is 5.05. The molecule has 0 spiro atoms. The molecule has 5 nitrogen and oxygen atoms in total. The fraction of sp³-hybridized carbons (Fsp3) is 0.286. The van der Waals surface area contributed by atoms with Crippen molar-refractivity contribution < 1.29 is 4.74 Å². The van der Waals surface area contributed by atoms with Gasteiger partial charge in [0, 0.05) is 24.5 Å². The lowest BCUT2D eigenvalue weighted by molar-refractivity contribution is 0.416. The molecule has 104 valence electrons. The zero-order valence-corrected chi connectivity index (χ0v) is 11.8. The summed E-state index contributed by atoms with van der Waals surface area (Å²) in [7, 11) is 1.57. The maximum absolute atomic E-state index is 12.1. The first-order chi connectivity index (χ1) is 9.69. The summed E-state index contributed by atoms with van der Waals surface area (Å²) in [5.41, 5.74) is 2.19. The van der Waals surface area contributed by atoms with Gasteiger partial charge in [-0.15, -0.1) is 0 Å². The van der Waals surface area contributed by atoms with Crippen LogP contribution in [0.25, 0.3) is 11.4 Å². The summed E-state index contributed by atoms with van der Waals surface area (Å²) < 4.78 is 5.31. The van der Waals surface area contributed by atoms with Gasteiger partial charge in [0.25, 0.3) is 5.56 Å². The summed E-state index contributed by atoms with van der Waals surface area (Å²) in [5.74, 6) is 1.11. The van der Waals surface area contributed by atoms with Crippen LogP contribution in [0.4, 0.5) is 0 Å². The Morgan fingerprint density at radius 3 is 3.05 bits per heavy atom. The van der Waals surface area contributed by atoms with E-state index in [9.17, 15) is 4.79 Å². The van der Waals surface area contributed by atoms with Gasteiger partial charge in [-0.25, -0.2) is 4.98 Å². The summed E-state index contributed by atoms with van der Waals surface area (Å²) in [5, 5.41) is 3.75. The summed E-state index contributed by atoms with van der Waals surface area (Å²) >= 11 is 5.95. The van der Waals surface area contributed by atoms with Crippen molar-refractivity contribution >= 4 is 11.6 Å². The van der Waals surface area contributed by atoms with Crippen molar-refractivity contribution in [1.29, 1.82) is 0 Å². The Morgan fingerprint density at radius 2 is 2.25 bits per heavy atom. The summed E-state index contributed by atoms with van der Waals surface area (Å²) in [6, 6.07) is 5.26. The molecule has 1 aliphatic heterocycles. The maximum atomic E-state index is 12.1. The van der Waals surface area contributed by atoms with Crippen molar-refractivity contribution in [2.75, 3.05) is 13.7 Å². The number of H-pyrrole nitrogens is 1. The predicted molar refractivity (Wildman–Crippen MR) is 77.3 cm³/mol. The molecule has 6 heteroatoms. The van der Waals surface area contributed by atoms with E-state index >= 15 is 0 Å². The van der Waals surface area contributed by atoms with Crippen LogP contribution in [0, 0.1) is 0 Å². The number of aromatic nitrogens is 2. The standard InChI is InChI=1S/C14H14ClN3O2/c1-20-12-6-8(15)2-3-9(12)13-17-11-4-5-16-7-10(11)14(19)18-13/h2-3,6,16H,4-5,7H2,1H3,(H,17,18,19). The van der Waals surface area contributed by atoms with E-state index in [4.69, 9.17) is 16.3 Å². The van der Waals surface area contributed by atoms with Crippen LogP contribution in [0.3, 0.4) is 0 Å². The Kier molecular flexibility index (Phi) is 3.46. The van der Waals surface area contributed by atoms with Gasteiger partial charge in [-0.2, -0.15) is 0 Å². The number of methoxy groups -OCH3 is 1. The zero-order valence-electron chi connectivity index (χ0n) is 11.0. The van der Waals surface area contributed by atoms with Crippen molar-refractivity contribution in [3.05, 3.63) is 44.8 Å². The number of halogens is 1. The Morgan fingerprint density at radius 1 is 1.40 bits per heavy atom. The molecule has 1 aliphatic rings. The molecule has 0 aliphatic carbocycles. The van der Waals surface area contributed by atoms with Crippen molar-refractivity contribution in [2.45, 2.75) is 13.0 Å². The van der Waals surface area contributed by atoms with Gasteiger partial charge in [0.2, 0.25) is 0 Å². The van der Waals surface area contributed by atoms with E-state index in [1.54, 1.807) is 25.3 Å². The molecule has 0 saturated carbocycles. The van der Waals surface area contributed by atoms with Crippen LogP contribution >= 0.6 is 11.6 Å². The number of hydrogen-bond acceptors (Lipinski definition) is 4. The van der Waals surface area contributed by atoms with Crippen LogP contribution < -0.4 is 15.6 Å². The van der Waals surface area contributed by atoms with E-state index in [-0.39, 0.29) is 5.56 Å². The summed E-state index contributed by atoms with van der Waals surface area (Å²) in [4.78, 5) is 19.5. The highest BCUT2D eigenvalue weighted by atomic mass is 35.5. The molecule has 3 rings (SSSR count). The normalized spacial score (nSPS) is 13.9. The number of nitrogens with one attached hydrogen (secondary N) is 2. The quantitative estimate of drug-likeness (QED) is 0.884. The number of rotatable bonds is 2. The van der Waals surface area contributed by atoms with Gasteiger partial charge in [-0.05, 0) is 18.2 Å². The number of ether oxygens (including phenoxy) is 1. The van der Waals surface area contributed by atoms with Crippen molar-refractivity contribution in [3.63, 3.8) is 0 Å². The van der Waals surface area contributed by atoms with E-state index in [1.807, 2.05) is 0 Å². The fourth-order valence-corrected chi connectivity index (χ4v) is 2.50. The van der Waals surface area contributed by atoms with Gasteiger partial charge in [-0.1, -0.05) is 11.6 Å².